The Morgan fingerprint density at radius 2 is 1.75 bits per heavy atom. The van der Waals surface area contributed by atoms with Gasteiger partial charge in [-0.15, -0.1) is 6.58 Å². The summed E-state index contributed by atoms with van der Waals surface area (Å²) in [5, 5.41) is 37.0. The molecule has 0 bridgehead atoms. The van der Waals surface area contributed by atoms with Gasteiger partial charge >= 0.3 is 0 Å². The molecule has 1 aromatic heterocycles. The molecule has 8 rings (SSSR count). The highest BCUT2D eigenvalue weighted by Gasteiger charge is 2.66. The van der Waals surface area contributed by atoms with Gasteiger partial charge in [0.05, 0.1) is 34.7 Å². The number of sulfonamides is 1. The Balaban J connectivity index is 1.34. The molecule has 0 spiro atoms. The zero-order valence-corrected chi connectivity index (χ0v) is 39.5. The van der Waals surface area contributed by atoms with E-state index in [1.807, 2.05) is 31.2 Å². The zero-order valence-electron chi connectivity index (χ0n) is 38.7. The first-order valence-electron chi connectivity index (χ1n) is 23.7. The molecule has 0 unspecified atom stereocenters. The standard InChI is InChI=1S/C53H59FN4O10S/c1-3-27-57(69(63,64)48-19-11-15-37-16-12-26-55-52(37)48)49-33-46(56-67-34-36-20-22-40(23-21-36)58(61)62)43-31-38(13-7-9-28-59)42(17-8-10-29-60)50-44-32-41(65-35-39-14-5-6-18-45(39)54)24-25-47(44)68-53(49,51(43)50)66-30-4-2/h4-6,11-12,14-16,18-26,31-32,38,42,49-51,59-60H,2-3,7-10,13,17,27-30,33-35H2,1H3/t38-,42+,49-,50+,51+,53+/m0/s1. The third kappa shape index (κ3) is 10.3. The van der Waals surface area contributed by atoms with Crippen LogP contribution < -0.4 is 9.47 Å². The maximum Gasteiger partial charge on any atom is 0.269 e. The van der Waals surface area contributed by atoms with Crippen molar-refractivity contribution in [1.82, 2.24) is 9.29 Å². The Bertz CT molecular complexity index is 2780. The molecule has 2 aliphatic carbocycles. The molecule has 5 aromatic rings. The zero-order chi connectivity index (χ0) is 48.5. The van der Waals surface area contributed by atoms with Crippen LogP contribution in [0, 0.1) is 33.7 Å². The molecule has 16 heteroatoms. The molecule has 2 N–H and O–H groups in total. The van der Waals surface area contributed by atoms with Crippen LogP contribution in [0.2, 0.25) is 0 Å². The average Bonchev–Trinajstić information content (AvgIpc) is 3.36. The number of benzene rings is 4. The number of hydrogen-bond acceptors (Lipinski definition) is 12. The molecule has 2 heterocycles. The number of oxime groups is 1. The summed E-state index contributed by atoms with van der Waals surface area (Å²) in [6, 6.07) is 25.6. The van der Waals surface area contributed by atoms with Crippen LogP contribution in [0.1, 0.15) is 80.9 Å². The van der Waals surface area contributed by atoms with E-state index in [2.05, 4.69) is 17.6 Å². The molecular weight excluding hydrogens is 904 g/mol. The number of nitro groups is 1. The van der Waals surface area contributed by atoms with Gasteiger partial charge in [0.2, 0.25) is 15.8 Å². The summed E-state index contributed by atoms with van der Waals surface area (Å²) < 4.78 is 68.3. The molecule has 1 saturated carbocycles. The highest BCUT2D eigenvalue weighted by Crippen LogP contribution is 2.62. The highest BCUT2D eigenvalue weighted by atomic mass is 32.2. The number of unbranched alkanes of at least 4 members (excludes halogenated alkanes) is 2. The third-order valence-corrected chi connectivity index (χ3v) is 15.5. The van der Waals surface area contributed by atoms with E-state index in [1.54, 1.807) is 66.9 Å². The quantitative estimate of drug-likeness (QED) is 0.0275. The van der Waals surface area contributed by atoms with Crippen LogP contribution in [0.5, 0.6) is 11.5 Å². The molecule has 3 aliphatic rings. The number of hydrogen-bond donors (Lipinski definition) is 2. The van der Waals surface area contributed by atoms with E-state index in [1.165, 1.54) is 22.5 Å². The fourth-order valence-corrected chi connectivity index (χ4v) is 12.4. The van der Waals surface area contributed by atoms with Crippen molar-refractivity contribution in [2.45, 2.75) is 94.1 Å². The Hall–Kier alpha value is -6.04. The normalized spacial score (nSPS) is 22.4. The van der Waals surface area contributed by atoms with E-state index in [4.69, 9.17) is 24.2 Å². The number of nitro benzene ring substituents is 1. The molecule has 14 nitrogen and oxygen atoms in total. The molecule has 0 radical (unpaired) electrons. The number of para-hydroxylation sites is 1. The second-order valence-electron chi connectivity index (χ2n) is 17.8. The van der Waals surface area contributed by atoms with Crippen molar-refractivity contribution in [2.75, 3.05) is 26.4 Å². The molecule has 1 fully saturated rings. The van der Waals surface area contributed by atoms with Crippen molar-refractivity contribution in [3.05, 3.63) is 160 Å². The number of nitrogens with zero attached hydrogens (tertiary/aromatic N) is 4. The summed E-state index contributed by atoms with van der Waals surface area (Å²) >= 11 is 0. The van der Waals surface area contributed by atoms with E-state index in [9.17, 15) is 24.7 Å². The summed E-state index contributed by atoms with van der Waals surface area (Å²) in [6.07, 6.45) is 9.78. The first-order chi connectivity index (χ1) is 33.5. The number of aliphatic hydroxyl groups excluding tert-OH is 2. The lowest BCUT2D eigenvalue weighted by molar-refractivity contribution is -0.384. The summed E-state index contributed by atoms with van der Waals surface area (Å²) in [6.45, 7) is 5.98. The van der Waals surface area contributed by atoms with Crippen LogP contribution in [-0.4, -0.2) is 76.7 Å². The largest absolute Gasteiger partial charge is 0.489 e. The summed E-state index contributed by atoms with van der Waals surface area (Å²) in [7, 11) is -4.39. The maximum atomic E-state index is 15.6. The van der Waals surface area contributed by atoms with Gasteiger partial charge in [0.25, 0.3) is 5.69 Å². The lowest BCUT2D eigenvalue weighted by Crippen LogP contribution is -2.70. The van der Waals surface area contributed by atoms with Crippen molar-refractivity contribution in [1.29, 1.82) is 0 Å². The molecule has 69 heavy (non-hydrogen) atoms. The minimum absolute atomic E-state index is 0.000229. The first kappa shape index (κ1) is 49.4. The van der Waals surface area contributed by atoms with Gasteiger partial charge in [-0.3, -0.25) is 15.1 Å². The van der Waals surface area contributed by atoms with Crippen molar-refractivity contribution in [3.63, 3.8) is 0 Å². The molecule has 0 amide bonds. The topological polar surface area (TPSA) is 183 Å². The van der Waals surface area contributed by atoms with Gasteiger partial charge in [0.1, 0.15) is 35.4 Å². The van der Waals surface area contributed by atoms with Gasteiger partial charge in [-0.25, -0.2) is 12.8 Å². The number of pyridine rings is 1. The van der Waals surface area contributed by atoms with Crippen LogP contribution >= 0.6 is 0 Å². The predicted octanol–water partition coefficient (Wildman–Crippen LogP) is 9.80. The summed E-state index contributed by atoms with van der Waals surface area (Å²) in [4.78, 5) is 21.7. The molecule has 0 saturated heterocycles. The molecule has 6 atom stereocenters. The average molecular weight is 963 g/mol. The van der Waals surface area contributed by atoms with Crippen LogP contribution in [-0.2, 0) is 32.8 Å². The van der Waals surface area contributed by atoms with Crippen LogP contribution in [0.3, 0.4) is 0 Å². The number of aliphatic hydroxyl groups is 2. The van der Waals surface area contributed by atoms with Gasteiger partial charge in [-0.1, -0.05) is 73.5 Å². The SMILES string of the molecule is C=CCO[C@@]12Oc3ccc(OCc4ccccc4F)cc3[C@H]3[C@H](CCCCO)[C@@H](CCCCO)C=C(C(=NOCc4ccc([N+](=O)[O-])cc4)C[C@@H]1N(CCC)S(=O)(=O)c1cccc4cccnc14)[C@H]32. The minimum Gasteiger partial charge on any atom is -0.489 e. The summed E-state index contributed by atoms with van der Waals surface area (Å²) in [5.74, 6) is -2.43. The van der Waals surface area contributed by atoms with Gasteiger partial charge in [-0.2, -0.15) is 4.31 Å². The number of fused-ring (bicyclic) bond motifs is 3. The predicted molar refractivity (Wildman–Crippen MR) is 260 cm³/mol. The van der Waals surface area contributed by atoms with E-state index < -0.39 is 38.6 Å². The van der Waals surface area contributed by atoms with Crippen molar-refractivity contribution < 1.29 is 47.0 Å². The fraction of sp³-hybridized carbons (Fsp3) is 0.396. The van der Waals surface area contributed by atoms with Crippen molar-refractivity contribution >= 4 is 32.3 Å². The van der Waals surface area contributed by atoms with Gasteiger partial charge < -0.3 is 29.3 Å². The lowest BCUT2D eigenvalue weighted by Gasteiger charge is -2.59. The monoisotopic (exact) mass is 962 g/mol. The number of halogens is 1. The molecule has 1 aliphatic heterocycles. The van der Waals surface area contributed by atoms with Crippen LogP contribution in [0.4, 0.5) is 10.1 Å². The number of rotatable bonds is 23. The number of aromatic nitrogens is 1. The van der Waals surface area contributed by atoms with Crippen LogP contribution in [0.15, 0.2) is 138 Å². The van der Waals surface area contributed by atoms with Crippen molar-refractivity contribution in [3.8, 4) is 11.5 Å². The Kier molecular flexibility index (Phi) is 15.9. The Morgan fingerprint density at radius 3 is 2.49 bits per heavy atom. The van der Waals surface area contributed by atoms with Crippen LogP contribution in [0.25, 0.3) is 10.9 Å². The third-order valence-electron chi connectivity index (χ3n) is 13.5. The lowest BCUT2D eigenvalue weighted by atomic mass is 9.55. The molecular formula is C53H59FN4O10S. The minimum atomic E-state index is -4.39. The van der Waals surface area contributed by atoms with Crippen molar-refractivity contribution in [2.24, 2.45) is 22.9 Å². The van der Waals surface area contributed by atoms with E-state index >= 15 is 8.42 Å². The fourth-order valence-electron chi connectivity index (χ4n) is 10.5. The summed E-state index contributed by atoms with van der Waals surface area (Å²) in [5.41, 5.74) is 3.33. The number of non-ortho nitro benzene ring substituents is 1. The highest BCUT2D eigenvalue weighted by molar-refractivity contribution is 7.89. The first-order valence-corrected chi connectivity index (χ1v) is 25.1. The van der Waals surface area contributed by atoms with Gasteiger partial charge in [0, 0.05) is 66.9 Å². The second-order valence-corrected chi connectivity index (χ2v) is 19.7. The molecule has 4 aromatic carbocycles. The van der Waals surface area contributed by atoms with E-state index in [0.29, 0.717) is 77.8 Å². The smallest absolute Gasteiger partial charge is 0.269 e. The van der Waals surface area contributed by atoms with Gasteiger partial charge in [-0.05, 0) is 104 Å². The Morgan fingerprint density at radius 1 is 0.986 bits per heavy atom. The van der Waals surface area contributed by atoms with Gasteiger partial charge in [0.15, 0.2) is 0 Å². The second kappa shape index (κ2) is 22.1. The Labute approximate surface area is 402 Å². The maximum absolute atomic E-state index is 15.6. The number of ether oxygens (including phenoxy) is 3. The van der Waals surface area contributed by atoms with E-state index in [0.717, 1.165) is 17.6 Å². The number of allylic oxidation sites excluding steroid dienone is 1. The van der Waals surface area contributed by atoms with E-state index in [-0.39, 0.29) is 74.2 Å². The molecule has 364 valence electrons.